The first kappa shape index (κ1) is 12.5. The van der Waals surface area contributed by atoms with Gasteiger partial charge in [0.15, 0.2) is 0 Å². The third-order valence-corrected chi connectivity index (χ3v) is 4.71. The summed E-state index contributed by atoms with van der Waals surface area (Å²) >= 11 is 0. The Morgan fingerprint density at radius 1 is 1.35 bits per heavy atom. The van der Waals surface area contributed by atoms with Crippen molar-refractivity contribution in [3.63, 3.8) is 0 Å². The molecule has 5 nitrogen and oxygen atoms in total. The molecule has 0 aromatic carbocycles. The van der Waals surface area contributed by atoms with E-state index in [1.807, 2.05) is 0 Å². The van der Waals surface area contributed by atoms with E-state index in [9.17, 15) is 4.79 Å². The molecule has 2 atom stereocenters. The number of nitrogens with one attached hydrogen (secondary N) is 1. The summed E-state index contributed by atoms with van der Waals surface area (Å²) in [7, 11) is 0. The van der Waals surface area contributed by atoms with Crippen molar-refractivity contribution < 1.29 is 4.74 Å². The first-order valence-electron chi connectivity index (χ1n) is 7.74. The molecule has 1 aliphatic heterocycles. The first-order chi connectivity index (χ1) is 9.81. The van der Waals surface area contributed by atoms with Crippen LogP contribution < -0.4 is 10.9 Å². The van der Waals surface area contributed by atoms with Gasteiger partial charge in [-0.15, -0.1) is 0 Å². The van der Waals surface area contributed by atoms with E-state index >= 15 is 0 Å². The monoisotopic (exact) mass is 275 g/mol. The fourth-order valence-electron chi connectivity index (χ4n) is 3.27. The fraction of sp³-hybridized carbons (Fsp3) is 0.733. The van der Waals surface area contributed by atoms with Crippen LogP contribution in [0.3, 0.4) is 0 Å². The minimum absolute atomic E-state index is 0.0272. The van der Waals surface area contributed by atoms with E-state index < -0.39 is 0 Å². The van der Waals surface area contributed by atoms with Crippen LogP contribution in [0.25, 0.3) is 0 Å². The predicted molar refractivity (Wildman–Crippen MR) is 74.9 cm³/mol. The molecule has 108 valence electrons. The summed E-state index contributed by atoms with van der Waals surface area (Å²) in [5, 5.41) is 8.17. The van der Waals surface area contributed by atoms with E-state index in [1.165, 1.54) is 12.8 Å². The number of hydrogen-bond donors (Lipinski definition) is 1. The van der Waals surface area contributed by atoms with Crippen molar-refractivity contribution in [3.05, 3.63) is 27.7 Å². The average Bonchev–Trinajstić information content (AvgIpc) is 2.97. The zero-order valence-corrected chi connectivity index (χ0v) is 11.7. The Bertz CT molecular complexity index is 565. The van der Waals surface area contributed by atoms with Gasteiger partial charge in [0.05, 0.1) is 31.0 Å². The lowest BCUT2D eigenvalue weighted by atomic mass is 10.1. The number of rotatable bonds is 4. The molecule has 0 spiro atoms. The maximum Gasteiger partial charge on any atom is 0.267 e. The van der Waals surface area contributed by atoms with Gasteiger partial charge in [-0.25, -0.2) is 4.68 Å². The number of aryl methyl sites for hydroxylation is 2. The van der Waals surface area contributed by atoms with E-state index in [-0.39, 0.29) is 17.6 Å². The molecular weight excluding hydrogens is 254 g/mol. The highest BCUT2D eigenvalue weighted by Gasteiger charge is 2.33. The minimum Gasteiger partial charge on any atom is -0.377 e. The van der Waals surface area contributed by atoms with Crippen LogP contribution in [0.4, 0.5) is 0 Å². The van der Waals surface area contributed by atoms with Crippen molar-refractivity contribution >= 4 is 0 Å². The van der Waals surface area contributed by atoms with Gasteiger partial charge >= 0.3 is 0 Å². The van der Waals surface area contributed by atoms with Crippen molar-refractivity contribution in [2.75, 3.05) is 19.8 Å². The van der Waals surface area contributed by atoms with Gasteiger partial charge < -0.3 is 10.1 Å². The molecule has 4 rings (SSSR count). The summed E-state index contributed by atoms with van der Waals surface area (Å²) in [6.07, 6.45) is 5.80. The molecule has 1 aromatic heterocycles. The maximum atomic E-state index is 12.3. The predicted octanol–water partition coefficient (Wildman–Crippen LogP) is 0.671. The van der Waals surface area contributed by atoms with Crippen molar-refractivity contribution in [2.24, 2.45) is 5.92 Å². The number of fused-ring (bicyclic) bond motifs is 1. The normalized spacial score (nSPS) is 28.8. The summed E-state index contributed by atoms with van der Waals surface area (Å²) in [6, 6.07) is 2.05. The van der Waals surface area contributed by atoms with E-state index in [2.05, 4.69) is 10.4 Å². The van der Waals surface area contributed by atoms with Crippen LogP contribution in [0.2, 0.25) is 0 Å². The molecule has 2 heterocycles. The van der Waals surface area contributed by atoms with Crippen molar-refractivity contribution in [2.45, 2.75) is 44.2 Å². The number of aromatic nitrogens is 2. The average molecular weight is 275 g/mol. The Morgan fingerprint density at radius 2 is 2.25 bits per heavy atom. The largest absolute Gasteiger partial charge is 0.377 e. The molecule has 2 fully saturated rings. The highest BCUT2D eigenvalue weighted by atomic mass is 16.5. The van der Waals surface area contributed by atoms with Crippen LogP contribution >= 0.6 is 0 Å². The molecule has 1 N–H and O–H groups in total. The van der Waals surface area contributed by atoms with Crippen LogP contribution in [0, 0.1) is 5.92 Å². The second-order valence-electron chi connectivity index (χ2n) is 6.32. The van der Waals surface area contributed by atoms with E-state index in [4.69, 9.17) is 4.74 Å². The summed E-state index contributed by atoms with van der Waals surface area (Å²) in [4.78, 5) is 12.3. The summed E-state index contributed by atoms with van der Waals surface area (Å²) in [6.45, 7) is 2.32. The molecule has 3 aliphatic rings. The van der Waals surface area contributed by atoms with Crippen LogP contribution in [-0.4, -0.2) is 35.6 Å². The SMILES string of the molecule is O=c1cc2c(nn1C1COCC1NCC1CC1)CCC2. The zero-order valence-electron chi connectivity index (χ0n) is 11.7. The highest BCUT2D eigenvalue weighted by molar-refractivity contribution is 5.22. The number of nitrogens with zero attached hydrogens (tertiary/aromatic N) is 2. The van der Waals surface area contributed by atoms with Gasteiger partial charge in [0.1, 0.15) is 0 Å². The smallest absolute Gasteiger partial charge is 0.267 e. The Kier molecular flexibility index (Phi) is 3.11. The number of ether oxygens (including phenoxy) is 1. The molecule has 2 unspecified atom stereocenters. The second kappa shape index (κ2) is 4.97. The van der Waals surface area contributed by atoms with Gasteiger partial charge in [-0.1, -0.05) is 0 Å². The molecule has 0 bridgehead atoms. The molecule has 20 heavy (non-hydrogen) atoms. The van der Waals surface area contributed by atoms with E-state index in [0.717, 1.165) is 43.0 Å². The highest BCUT2D eigenvalue weighted by Crippen LogP contribution is 2.29. The van der Waals surface area contributed by atoms with Crippen LogP contribution in [0.1, 0.15) is 36.6 Å². The summed E-state index contributed by atoms with van der Waals surface area (Å²) in [5.74, 6) is 0.834. The fourth-order valence-corrected chi connectivity index (χ4v) is 3.27. The third kappa shape index (κ3) is 2.29. The molecule has 0 radical (unpaired) electrons. The second-order valence-corrected chi connectivity index (χ2v) is 6.32. The minimum atomic E-state index is 0.0272. The molecule has 5 heteroatoms. The van der Waals surface area contributed by atoms with Gasteiger partial charge in [-0.3, -0.25) is 4.79 Å². The van der Waals surface area contributed by atoms with Gasteiger partial charge in [-0.2, -0.15) is 5.10 Å². The summed E-state index contributed by atoms with van der Waals surface area (Å²) < 4.78 is 7.26. The zero-order chi connectivity index (χ0) is 13.5. The van der Waals surface area contributed by atoms with Crippen LogP contribution in [-0.2, 0) is 17.6 Å². The molecular formula is C15H21N3O2. The lowest BCUT2D eigenvalue weighted by Crippen LogP contribution is -2.42. The summed E-state index contributed by atoms with van der Waals surface area (Å²) in [5.41, 5.74) is 2.28. The maximum absolute atomic E-state index is 12.3. The lowest BCUT2D eigenvalue weighted by molar-refractivity contribution is 0.180. The Morgan fingerprint density at radius 3 is 3.10 bits per heavy atom. The third-order valence-electron chi connectivity index (χ3n) is 4.71. The van der Waals surface area contributed by atoms with Crippen molar-refractivity contribution in [3.8, 4) is 0 Å². The van der Waals surface area contributed by atoms with Crippen LogP contribution in [0.5, 0.6) is 0 Å². The molecule has 2 aliphatic carbocycles. The lowest BCUT2D eigenvalue weighted by Gasteiger charge is -2.20. The molecule has 1 aromatic rings. The molecule has 0 amide bonds. The van der Waals surface area contributed by atoms with E-state index in [0.29, 0.717) is 13.2 Å². The standard InChI is InChI=1S/C15H21N3O2/c19-15-6-11-2-1-3-12(11)17-18(15)14-9-20-8-13(14)16-7-10-4-5-10/h6,10,13-14,16H,1-5,7-9H2. The molecule has 1 saturated carbocycles. The van der Waals surface area contributed by atoms with Gasteiger partial charge in [0.2, 0.25) is 0 Å². The van der Waals surface area contributed by atoms with Crippen LogP contribution in [0.15, 0.2) is 10.9 Å². The quantitative estimate of drug-likeness (QED) is 0.877. The Hall–Kier alpha value is -1.20. The van der Waals surface area contributed by atoms with Gasteiger partial charge in [0.25, 0.3) is 5.56 Å². The van der Waals surface area contributed by atoms with Gasteiger partial charge in [-0.05, 0) is 50.1 Å². The van der Waals surface area contributed by atoms with Gasteiger partial charge in [0, 0.05) is 6.07 Å². The Balaban J connectivity index is 1.57. The first-order valence-corrected chi connectivity index (χ1v) is 7.74. The molecule has 1 saturated heterocycles. The number of hydrogen-bond acceptors (Lipinski definition) is 4. The van der Waals surface area contributed by atoms with Crippen molar-refractivity contribution in [1.82, 2.24) is 15.1 Å². The topological polar surface area (TPSA) is 56.2 Å². The van der Waals surface area contributed by atoms with Crippen molar-refractivity contribution in [1.29, 1.82) is 0 Å². The van der Waals surface area contributed by atoms with E-state index in [1.54, 1.807) is 10.7 Å². The Labute approximate surface area is 118 Å².